The molecule has 0 heterocycles. The summed E-state index contributed by atoms with van der Waals surface area (Å²) in [6.45, 7) is 2.85. The van der Waals surface area contributed by atoms with Crippen molar-refractivity contribution < 1.29 is 26.4 Å². The van der Waals surface area contributed by atoms with Gasteiger partial charge < -0.3 is 21.3 Å². The molecule has 2 amide bonds. The number of sulfonamides is 2. The van der Waals surface area contributed by atoms with Crippen molar-refractivity contribution in [3.8, 4) is 0 Å². The molecule has 0 bridgehead atoms. The normalized spacial score (nSPS) is 22.4. The van der Waals surface area contributed by atoms with Crippen LogP contribution in [0.4, 0.5) is 11.4 Å². The summed E-state index contributed by atoms with van der Waals surface area (Å²) in [6, 6.07) is 9.29. The molecule has 48 heavy (non-hydrogen) atoms. The molecule has 5 atom stereocenters. The molecule has 0 aliphatic heterocycles. The van der Waals surface area contributed by atoms with Crippen LogP contribution in [0.1, 0.15) is 85.4 Å². The molecule has 14 heteroatoms. The van der Waals surface area contributed by atoms with E-state index in [0.717, 1.165) is 32.1 Å². The smallest absolute Gasteiger partial charge is 0.253 e. The molecule has 2 aliphatic carbocycles. The second-order valence-corrected chi connectivity index (χ2v) is 16.8. The lowest BCUT2D eigenvalue weighted by molar-refractivity contribution is 0.0951. The summed E-state index contributed by atoms with van der Waals surface area (Å²) < 4.78 is 54.1. The lowest BCUT2D eigenvalue weighted by Crippen LogP contribution is -2.39. The van der Waals surface area contributed by atoms with Crippen molar-refractivity contribution in [3.05, 3.63) is 47.5 Å². The van der Waals surface area contributed by atoms with Gasteiger partial charge in [0.2, 0.25) is 20.0 Å². The molecule has 4 rings (SSSR count). The number of carbonyl (C=O) groups excluding carboxylic acids is 2. The third kappa shape index (κ3) is 8.87. The molecule has 2 saturated carbocycles. The van der Waals surface area contributed by atoms with Crippen molar-refractivity contribution in [3.63, 3.8) is 0 Å². The van der Waals surface area contributed by atoms with Gasteiger partial charge in [0, 0.05) is 38.1 Å². The van der Waals surface area contributed by atoms with E-state index in [9.17, 15) is 26.4 Å². The van der Waals surface area contributed by atoms with E-state index >= 15 is 0 Å². The number of nitrogens with one attached hydrogen (secondary N) is 6. The Morgan fingerprint density at radius 1 is 0.750 bits per heavy atom. The number of carbonyl (C=O) groups is 2. The Labute approximate surface area is 286 Å². The molecule has 6 N–H and O–H groups in total. The van der Waals surface area contributed by atoms with E-state index in [1.54, 1.807) is 12.1 Å². The average molecular weight is 705 g/mol. The number of rotatable bonds is 14. The van der Waals surface area contributed by atoms with Crippen LogP contribution in [0, 0.1) is 23.7 Å². The summed E-state index contributed by atoms with van der Waals surface area (Å²) in [6.07, 6.45) is 10.2. The highest BCUT2D eigenvalue weighted by Gasteiger charge is 2.37. The van der Waals surface area contributed by atoms with Gasteiger partial charge in [-0.3, -0.25) is 9.59 Å². The van der Waals surface area contributed by atoms with Crippen LogP contribution in [0.3, 0.4) is 0 Å². The SMILES string of the molecule is CNC(=O)c1cc(S(=O)(=O)NC)ccc1NCCC1CCCC(C2CCCCC2C(C)Nc2ccc(S(=O)(=O)NC)cc2C(=O)NC)C1. The Bertz CT molecular complexity index is 1670. The zero-order chi connectivity index (χ0) is 35.1. The van der Waals surface area contributed by atoms with E-state index in [0.29, 0.717) is 52.7 Å². The van der Waals surface area contributed by atoms with Gasteiger partial charge >= 0.3 is 0 Å². The largest absolute Gasteiger partial charge is 0.384 e. The minimum absolute atomic E-state index is 0.0404. The highest BCUT2D eigenvalue weighted by atomic mass is 32.2. The summed E-state index contributed by atoms with van der Waals surface area (Å²) in [5.41, 5.74) is 1.83. The summed E-state index contributed by atoms with van der Waals surface area (Å²) in [5.74, 6) is 1.40. The second kappa shape index (κ2) is 16.5. The Kier molecular flexibility index (Phi) is 12.9. The first-order valence-electron chi connectivity index (χ1n) is 16.9. The van der Waals surface area contributed by atoms with Crippen LogP contribution < -0.4 is 30.7 Å². The van der Waals surface area contributed by atoms with Gasteiger partial charge in [0.1, 0.15) is 0 Å². The van der Waals surface area contributed by atoms with Crippen molar-refractivity contribution in [1.82, 2.24) is 20.1 Å². The maximum absolute atomic E-state index is 12.8. The topological polar surface area (TPSA) is 175 Å². The predicted molar refractivity (Wildman–Crippen MR) is 189 cm³/mol. The van der Waals surface area contributed by atoms with Crippen molar-refractivity contribution in [2.45, 2.75) is 80.5 Å². The van der Waals surface area contributed by atoms with E-state index in [1.807, 2.05) is 0 Å². The van der Waals surface area contributed by atoms with Crippen LogP contribution in [0.25, 0.3) is 0 Å². The van der Waals surface area contributed by atoms with Crippen molar-refractivity contribution >= 4 is 43.2 Å². The number of amides is 2. The van der Waals surface area contributed by atoms with Gasteiger partial charge in [0.05, 0.1) is 20.9 Å². The third-order valence-electron chi connectivity index (χ3n) is 10.3. The Hall–Kier alpha value is -3.20. The highest BCUT2D eigenvalue weighted by Crippen LogP contribution is 2.45. The standard InChI is InChI=1S/C34H52N6O6S2/c1-22(40-32-16-14-26(48(45,46)38-5)21-30(32)34(42)36-3)27-11-6-7-12-28(27)24-10-8-9-23(19-24)17-18-39-31-15-13-25(47(43,44)37-4)20-29(31)33(41)35-2/h13-16,20-24,27-28,37-40H,6-12,17-19H2,1-5H3,(H,35,41)(H,36,42). The third-order valence-corrected chi connectivity index (χ3v) is 13.1. The molecule has 2 aromatic rings. The van der Waals surface area contributed by atoms with Crippen LogP contribution in [0.15, 0.2) is 46.2 Å². The fraction of sp³-hybridized carbons (Fsp3) is 0.588. The Morgan fingerprint density at radius 2 is 1.31 bits per heavy atom. The quantitative estimate of drug-likeness (QED) is 0.170. The van der Waals surface area contributed by atoms with E-state index in [-0.39, 0.29) is 27.6 Å². The molecular formula is C34H52N6O6S2. The minimum Gasteiger partial charge on any atom is -0.384 e. The first-order chi connectivity index (χ1) is 22.8. The lowest BCUT2D eigenvalue weighted by Gasteiger charge is -2.44. The number of anilines is 2. The van der Waals surface area contributed by atoms with Crippen LogP contribution in [-0.4, -0.2) is 69.4 Å². The Morgan fingerprint density at radius 3 is 1.90 bits per heavy atom. The second-order valence-electron chi connectivity index (χ2n) is 13.0. The van der Waals surface area contributed by atoms with Crippen LogP contribution in [0.5, 0.6) is 0 Å². The molecule has 0 radical (unpaired) electrons. The fourth-order valence-electron chi connectivity index (χ4n) is 7.68. The zero-order valence-corrected chi connectivity index (χ0v) is 30.3. The van der Waals surface area contributed by atoms with Gasteiger partial charge in [-0.15, -0.1) is 0 Å². The molecule has 266 valence electrons. The van der Waals surface area contributed by atoms with Crippen molar-refractivity contribution in [2.75, 3.05) is 45.4 Å². The molecule has 2 aromatic carbocycles. The van der Waals surface area contributed by atoms with Gasteiger partial charge in [-0.05, 0) is 107 Å². The van der Waals surface area contributed by atoms with Crippen LogP contribution in [-0.2, 0) is 20.0 Å². The van der Waals surface area contributed by atoms with Gasteiger partial charge in [0.25, 0.3) is 11.8 Å². The maximum atomic E-state index is 12.8. The van der Waals surface area contributed by atoms with Gasteiger partial charge in [-0.2, -0.15) is 0 Å². The van der Waals surface area contributed by atoms with E-state index in [1.165, 1.54) is 78.1 Å². The molecule has 0 saturated heterocycles. The van der Waals surface area contributed by atoms with E-state index in [4.69, 9.17) is 0 Å². The van der Waals surface area contributed by atoms with Gasteiger partial charge in [-0.1, -0.05) is 32.1 Å². The molecule has 0 spiro atoms. The fourth-order valence-corrected chi connectivity index (χ4v) is 9.19. The van der Waals surface area contributed by atoms with Gasteiger partial charge in [-0.25, -0.2) is 26.3 Å². The zero-order valence-electron chi connectivity index (χ0n) is 28.7. The molecule has 5 unspecified atom stereocenters. The average Bonchev–Trinajstić information content (AvgIpc) is 3.11. The summed E-state index contributed by atoms with van der Waals surface area (Å²) in [5, 5.41) is 12.2. The van der Waals surface area contributed by atoms with E-state index in [2.05, 4.69) is 37.6 Å². The van der Waals surface area contributed by atoms with Gasteiger partial charge in [0.15, 0.2) is 0 Å². The van der Waals surface area contributed by atoms with Crippen LogP contribution in [0.2, 0.25) is 0 Å². The van der Waals surface area contributed by atoms with Crippen molar-refractivity contribution in [2.24, 2.45) is 23.7 Å². The molecular weight excluding hydrogens is 653 g/mol. The summed E-state index contributed by atoms with van der Waals surface area (Å²) >= 11 is 0. The summed E-state index contributed by atoms with van der Waals surface area (Å²) in [4.78, 5) is 25.5. The molecule has 12 nitrogen and oxygen atoms in total. The monoisotopic (exact) mass is 704 g/mol. The summed E-state index contributed by atoms with van der Waals surface area (Å²) in [7, 11) is -1.63. The minimum atomic E-state index is -3.70. The maximum Gasteiger partial charge on any atom is 0.253 e. The molecule has 2 aliphatic rings. The lowest BCUT2D eigenvalue weighted by atomic mass is 9.64. The highest BCUT2D eigenvalue weighted by molar-refractivity contribution is 7.89. The first kappa shape index (κ1) is 37.6. The van der Waals surface area contributed by atoms with E-state index < -0.39 is 20.0 Å². The number of hydrogen-bond donors (Lipinski definition) is 6. The number of hydrogen-bond acceptors (Lipinski definition) is 8. The number of benzene rings is 2. The van der Waals surface area contributed by atoms with Crippen molar-refractivity contribution in [1.29, 1.82) is 0 Å². The molecule has 2 fully saturated rings. The van der Waals surface area contributed by atoms with Crippen LogP contribution >= 0.6 is 0 Å². The first-order valence-corrected chi connectivity index (χ1v) is 19.9. The molecule has 0 aromatic heterocycles. The Balaban J connectivity index is 1.43. The predicted octanol–water partition coefficient (Wildman–Crippen LogP) is 4.14.